The summed E-state index contributed by atoms with van der Waals surface area (Å²) < 4.78 is 13.1. The van der Waals surface area contributed by atoms with Crippen molar-refractivity contribution in [3.05, 3.63) is 40.2 Å². The summed E-state index contributed by atoms with van der Waals surface area (Å²) in [5.41, 5.74) is 1.11. The minimum Gasteiger partial charge on any atom is -0.303 e. The second kappa shape index (κ2) is 4.91. The minimum absolute atomic E-state index is 0.292. The van der Waals surface area contributed by atoms with Gasteiger partial charge < -0.3 is 4.79 Å². The fourth-order valence-electron chi connectivity index (χ4n) is 1.04. The molecule has 1 aromatic carbocycles. The number of allylic oxidation sites excluding steroid dienone is 1. The first-order chi connectivity index (χ1) is 6.65. The molecule has 0 N–H and O–H groups in total. The van der Waals surface area contributed by atoms with Crippen LogP contribution in [0.1, 0.15) is 17.5 Å². The van der Waals surface area contributed by atoms with Crippen LogP contribution in [0.25, 0.3) is 6.08 Å². The van der Waals surface area contributed by atoms with E-state index in [2.05, 4.69) is 0 Å². The van der Waals surface area contributed by atoms with Gasteiger partial charge in [0.15, 0.2) is 0 Å². The summed E-state index contributed by atoms with van der Waals surface area (Å²) in [6.07, 6.45) is 4.36. The Balaban J connectivity index is 2.97. The Hall–Kier alpha value is -1.15. The maximum absolute atomic E-state index is 13.1. The number of hydrogen-bond donors (Lipinski definition) is 0. The number of aldehydes is 1. The first-order valence-corrected chi connectivity index (χ1v) is 4.58. The fraction of sp³-hybridized carbons (Fsp3) is 0.182. The van der Waals surface area contributed by atoms with Crippen LogP contribution in [-0.2, 0) is 4.79 Å². The molecule has 0 amide bonds. The van der Waals surface area contributed by atoms with Gasteiger partial charge in [0.1, 0.15) is 12.1 Å². The SMILES string of the molecule is Cc1cc(Cl)c(C=CCC=O)cc1F. The lowest BCUT2D eigenvalue weighted by atomic mass is 10.1. The van der Waals surface area contributed by atoms with E-state index in [-0.39, 0.29) is 5.82 Å². The molecule has 0 saturated heterocycles. The van der Waals surface area contributed by atoms with Crippen LogP contribution in [0.4, 0.5) is 4.39 Å². The summed E-state index contributed by atoms with van der Waals surface area (Å²) in [7, 11) is 0. The van der Waals surface area contributed by atoms with E-state index in [9.17, 15) is 9.18 Å². The third-order valence-corrected chi connectivity index (χ3v) is 2.13. The maximum atomic E-state index is 13.1. The van der Waals surface area contributed by atoms with Crippen molar-refractivity contribution in [2.75, 3.05) is 0 Å². The highest BCUT2D eigenvalue weighted by Crippen LogP contribution is 2.21. The van der Waals surface area contributed by atoms with Crippen LogP contribution < -0.4 is 0 Å². The van der Waals surface area contributed by atoms with Crippen molar-refractivity contribution in [2.45, 2.75) is 13.3 Å². The number of halogens is 2. The predicted molar refractivity (Wildman–Crippen MR) is 55.9 cm³/mol. The molecule has 74 valence electrons. The standard InChI is InChI=1S/C11H10ClFO/c1-8-6-10(12)9(7-11(8)13)4-2-3-5-14/h2,4-7H,3H2,1H3. The van der Waals surface area contributed by atoms with Gasteiger partial charge in [-0.2, -0.15) is 0 Å². The summed E-state index contributed by atoms with van der Waals surface area (Å²) in [6.45, 7) is 1.65. The number of rotatable bonds is 3. The van der Waals surface area contributed by atoms with E-state index in [1.165, 1.54) is 6.07 Å². The maximum Gasteiger partial charge on any atom is 0.126 e. The molecule has 0 radical (unpaired) electrons. The van der Waals surface area contributed by atoms with Gasteiger partial charge in [0.25, 0.3) is 0 Å². The number of carbonyl (C=O) groups excluding carboxylic acids is 1. The molecule has 0 heterocycles. The van der Waals surface area contributed by atoms with E-state index < -0.39 is 0 Å². The number of hydrogen-bond acceptors (Lipinski definition) is 1. The Morgan fingerprint density at radius 1 is 1.50 bits per heavy atom. The van der Waals surface area contributed by atoms with Crippen LogP contribution >= 0.6 is 11.6 Å². The lowest BCUT2D eigenvalue weighted by Crippen LogP contribution is -1.85. The van der Waals surface area contributed by atoms with E-state index in [4.69, 9.17) is 11.6 Å². The van der Waals surface area contributed by atoms with E-state index in [1.807, 2.05) is 0 Å². The molecular formula is C11H10ClFO. The summed E-state index contributed by atoms with van der Waals surface area (Å²) in [5, 5.41) is 0.492. The molecule has 0 aliphatic heterocycles. The molecule has 0 bridgehead atoms. The zero-order valence-corrected chi connectivity index (χ0v) is 8.51. The highest BCUT2D eigenvalue weighted by molar-refractivity contribution is 6.32. The average molecular weight is 213 g/mol. The second-order valence-electron chi connectivity index (χ2n) is 2.93. The molecule has 1 nitrogen and oxygen atoms in total. The van der Waals surface area contributed by atoms with Crippen molar-refractivity contribution in [2.24, 2.45) is 0 Å². The Bertz CT molecular complexity index is 372. The van der Waals surface area contributed by atoms with E-state index in [0.29, 0.717) is 22.6 Å². The quantitative estimate of drug-likeness (QED) is 0.702. The van der Waals surface area contributed by atoms with Gasteiger partial charge >= 0.3 is 0 Å². The fourth-order valence-corrected chi connectivity index (χ4v) is 1.32. The Kier molecular flexibility index (Phi) is 3.84. The van der Waals surface area contributed by atoms with Gasteiger partial charge in [0.2, 0.25) is 0 Å². The van der Waals surface area contributed by atoms with E-state index in [0.717, 1.165) is 6.29 Å². The lowest BCUT2D eigenvalue weighted by molar-refractivity contribution is -0.107. The molecule has 0 aliphatic carbocycles. The monoisotopic (exact) mass is 212 g/mol. The van der Waals surface area contributed by atoms with Crippen molar-refractivity contribution in [1.29, 1.82) is 0 Å². The Labute approximate surface area is 87.2 Å². The summed E-state index contributed by atoms with van der Waals surface area (Å²) >= 11 is 5.87. The van der Waals surface area contributed by atoms with Gasteiger partial charge in [-0.25, -0.2) is 4.39 Å². The zero-order chi connectivity index (χ0) is 10.6. The van der Waals surface area contributed by atoms with Crippen LogP contribution in [0.5, 0.6) is 0 Å². The number of aryl methyl sites for hydroxylation is 1. The molecule has 0 aromatic heterocycles. The summed E-state index contributed by atoms with van der Waals surface area (Å²) in [4.78, 5) is 10.0. The predicted octanol–water partition coefficient (Wildman–Crippen LogP) is 3.39. The smallest absolute Gasteiger partial charge is 0.126 e. The molecule has 0 saturated carbocycles. The minimum atomic E-state index is -0.292. The van der Waals surface area contributed by atoms with Gasteiger partial charge in [0.05, 0.1) is 0 Å². The van der Waals surface area contributed by atoms with Gasteiger partial charge in [-0.15, -0.1) is 0 Å². The molecule has 3 heteroatoms. The van der Waals surface area contributed by atoms with Gasteiger partial charge in [-0.05, 0) is 30.2 Å². The third-order valence-electron chi connectivity index (χ3n) is 1.81. The van der Waals surface area contributed by atoms with Crippen LogP contribution in [0.2, 0.25) is 5.02 Å². The molecule has 1 aromatic rings. The molecule has 0 fully saturated rings. The third kappa shape index (κ3) is 2.67. The van der Waals surface area contributed by atoms with Crippen molar-refractivity contribution in [3.63, 3.8) is 0 Å². The summed E-state index contributed by atoms with van der Waals surface area (Å²) in [5.74, 6) is -0.292. The Morgan fingerprint density at radius 3 is 2.86 bits per heavy atom. The van der Waals surface area contributed by atoms with Crippen LogP contribution in [-0.4, -0.2) is 6.29 Å². The normalized spacial score (nSPS) is 10.8. The highest BCUT2D eigenvalue weighted by atomic mass is 35.5. The van der Waals surface area contributed by atoms with Gasteiger partial charge in [-0.3, -0.25) is 0 Å². The lowest BCUT2D eigenvalue weighted by Gasteiger charge is -2.01. The average Bonchev–Trinajstić information content (AvgIpc) is 2.14. The molecule has 0 atom stereocenters. The van der Waals surface area contributed by atoms with Crippen molar-refractivity contribution < 1.29 is 9.18 Å². The van der Waals surface area contributed by atoms with Gasteiger partial charge in [0, 0.05) is 11.4 Å². The van der Waals surface area contributed by atoms with Crippen molar-refractivity contribution in [1.82, 2.24) is 0 Å². The van der Waals surface area contributed by atoms with Crippen LogP contribution in [0.15, 0.2) is 18.2 Å². The molecule has 14 heavy (non-hydrogen) atoms. The zero-order valence-electron chi connectivity index (χ0n) is 7.76. The van der Waals surface area contributed by atoms with Crippen molar-refractivity contribution in [3.8, 4) is 0 Å². The topological polar surface area (TPSA) is 17.1 Å². The number of benzene rings is 1. The molecule has 0 unspecified atom stereocenters. The van der Waals surface area contributed by atoms with Crippen molar-refractivity contribution >= 4 is 24.0 Å². The molecule has 0 aliphatic rings. The molecule has 0 spiro atoms. The van der Waals surface area contributed by atoms with Crippen LogP contribution in [0, 0.1) is 12.7 Å². The highest BCUT2D eigenvalue weighted by Gasteiger charge is 2.02. The first kappa shape index (κ1) is 10.9. The van der Waals surface area contributed by atoms with E-state index in [1.54, 1.807) is 25.1 Å². The number of carbonyl (C=O) groups is 1. The second-order valence-corrected chi connectivity index (χ2v) is 3.33. The van der Waals surface area contributed by atoms with Crippen LogP contribution in [0.3, 0.4) is 0 Å². The largest absolute Gasteiger partial charge is 0.303 e. The Morgan fingerprint density at radius 2 is 2.21 bits per heavy atom. The first-order valence-electron chi connectivity index (χ1n) is 4.21. The molecular weight excluding hydrogens is 203 g/mol. The van der Waals surface area contributed by atoms with Gasteiger partial charge in [-0.1, -0.05) is 23.8 Å². The molecule has 1 rings (SSSR count). The summed E-state index contributed by atoms with van der Waals surface area (Å²) in [6, 6.07) is 2.93. The van der Waals surface area contributed by atoms with E-state index >= 15 is 0 Å².